The van der Waals surface area contributed by atoms with Crippen LogP contribution in [0.1, 0.15) is 32.1 Å². The van der Waals surface area contributed by atoms with Gasteiger partial charge in [0, 0.05) is 18.9 Å². The van der Waals surface area contributed by atoms with Crippen molar-refractivity contribution in [2.75, 3.05) is 18.1 Å². The molecule has 0 N–H and O–H groups in total. The van der Waals surface area contributed by atoms with Crippen LogP contribution in [0, 0.1) is 5.92 Å². The highest BCUT2D eigenvalue weighted by molar-refractivity contribution is 7.99. The first-order valence-electron chi connectivity index (χ1n) is 6.11. The van der Waals surface area contributed by atoms with Crippen molar-refractivity contribution in [3.8, 4) is 0 Å². The minimum absolute atomic E-state index is 0.0327. The zero-order valence-corrected chi connectivity index (χ0v) is 10.6. The molecule has 2 saturated heterocycles. The van der Waals surface area contributed by atoms with Crippen LogP contribution in [0.4, 0.5) is 0 Å². The molecule has 3 heteroatoms. The van der Waals surface area contributed by atoms with Gasteiger partial charge in [-0.05, 0) is 37.2 Å². The van der Waals surface area contributed by atoms with Crippen LogP contribution in [0.15, 0.2) is 12.7 Å². The lowest BCUT2D eigenvalue weighted by molar-refractivity contribution is -0.137. The first-order chi connectivity index (χ1) is 7.76. The predicted molar refractivity (Wildman–Crippen MR) is 67.8 cm³/mol. The molecule has 0 amide bonds. The summed E-state index contributed by atoms with van der Waals surface area (Å²) in [6.45, 7) is 4.41. The van der Waals surface area contributed by atoms with E-state index in [1.807, 2.05) is 11.8 Å². The molecule has 2 aliphatic rings. The summed E-state index contributed by atoms with van der Waals surface area (Å²) in [5.74, 6) is 2.94. The molecule has 0 bridgehead atoms. The minimum atomic E-state index is 0.0327. The van der Waals surface area contributed by atoms with Crippen molar-refractivity contribution in [2.45, 2.75) is 37.7 Å². The van der Waals surface area contributed by atoms with Gasteiger partial charge in [-0.25, -0.2) is 0 Å². The minimum Gasteiger partial charge on any atom is -0.375 e. The number of ketones is 1. The zero-order valence-electron chi connectivity index (χ0n) is 9.74. The van der Waals surface area contributed by atoms with Gasteiger partial charge in [0.1, 0.15) is 5.78 Å². The average molecular weight is 240 g/mol. The Balaban J connectivity index is 1.97. The van der Waals surface area contributed by atoms with Gasteiger partial charge in [0.25, 0.3) is 0 Å². The number of hydrogen-bond donors (Lipinski definition) is 0. The third-order valence-corrected chi connectivity index (χ3v) is 4.68. The Labute approximate surface area is 102 Å². The standard InChI is InChI=1S/C13H20O2S/c1-2-3-12(14)11-4-7-15-13(10-11)5-8-16-9-6-13/h2,11H,1,3-10H2. The van der Waals surface area contributed by atoms with Crippen LogP contribution in [-0.2, 0) is 9.53 Å². The maximum absolute atomic E-state index is 11.9. The highest BCUT2D eigenvalue weighted by atomic mass is 32.2. The van der Waals surface area contributed by atoms with Crippen molar-refractivity contribution in [3.05, 3.63) is 12.7 Å². The van der Waals surface area contributed by atoms with E-state index in [9.17, 15) is 4.79 Å². The van der Waals surface area contributed by atoms with Crippen molar-refractivity contribution in [2.24, 2.45) is 5.92 Å². The van der Waals surface area contributed by atoms with E-state index in [4.69, 9.17) is 4.74 Å². The van der Waals surface area contributed by atoms with Crippen LogP contribution >= 0.6 is 11.8 Å². The quantitative estimate of drug-likeness (QED) is 0.710. The third kappa shape index (κ3) is 2.69. The lowest BCUT2D eigenvalue weighted by Crippen LogP contribution is -2.44. The Kier molecular flexibility index (Phi) is 4.09. The van der Waals surface area contributed by atoms with Crippen molar-refractivity contribution < 1.29 is 9.53 Å². The third-order valence-electron chi connectivity index (χ3n) is 3.70. The number of rotatable bonds is 3. The van der Waals surface area contributed by atoms with Gasteiger partial charge in [-0.3, -0.25) is 4.79 Å². The number of thioether (sulfide) groups is 1. The molecule has 1 spiro atoms. The summed E-state index contributed by atoms with van der Waals surface area (Å²) in [6.07, 6.45) is 6.34. The zero-order chi connectivity index (χ0) is 11.4. The molecule has 2 nitrogen and oxygen atoms in total. The Morgan fingerprint density at radius 3 is 2.94 bits per heavy atom. The molecule has 2 aliphatic heterocycles. The number of Topliss-reactive ketones (excluding diaryl/α,β-unsaturated/α-hetero) is 1. The highest BCUT2D eigenvalue weighted by Crippen LogP contribution is 2.40. The Hall–Kier alpha value is -0.280. The summed E-state index contributed by atoms with van der Waals surface area (Å²) < 4.78 is 5.97. The van der Waals surface area contributed by atoms with Gasteiger partial charge in [0.05, 0.1) is 5.60 Å². The number of carbonyl (C=O) groups is 1. The van der Waals surface area contributed by atoms with E-state index in [1.54, 1.807) is 6.08 Å². The Morgan fingerprint density at radius 2 is 2.25 bits per heavy atom. The number of carbonyl (C=O) groups excluding carboxylic acids is 1. The van der Waals surface area contributed by atoms with Crippen LogP contribution in [0.3, 0.4) is 0 Å². The van der Waals surface area contributed by atoms with E-state index in [2.05, 4.69) is 6.58 Å². The summed E-state index contributed by atoms with van der Waals surface area (Å²) in [6, 6.07) is 0. The second-order valence-electron chi connectivity index (χ2n) is 4.79. The molecule has 0 aromatic carbocycles. The summed E-state index contributed by atoms with van der Waals surface area (Å²) >= 11 is 2.00. The number of hydrogen-bond acceptors (Lipinski definition) is 3. The van der Waals surface area contributed by atoms with Gasteiger partial charge < -0.3 is 4.74 Å². The Bertz CT molecular complexity index is 264. The summed E-state index contributed by atoms with van der Waals surface area (Å²) in [7, 11) is 0. The largest absolute Gasteiger partial charge is 0.375 e. The maximum atomic E-state index is 11.9. The van der Waals surface area contributed by atoms with Crippen LogP contribution in [-0.4, -0.2) is 29.5 Å². The summed E-state index contributed by atoms with van der Waals surface area (Å²) in [5, 5.41) is 0. The smallest absolute Gasteiger partial charge is 0.139 e. The summed E-state index contributed by atoms with van der Waals surface area (Å²) in [4.78, 5) is 11.9. The van der Waals surface area contributed by atoms with Crippen molar-refractivity contribution >= 4 is 17.5 Å². The highest BCUT2D eigenvalue weighted by Gasteiger charge is 2.40. The van der Waals surface area contributed by atoms with Crippen molar-refractivity contribution in [1.82, 2.24) is 0 Å². The van der Waals surface area contributed by atoms with Crippen LogP contribution < -0.4 is 0 Å². The Morgan fingerprint density at radius 1 is 1.50 bits per heavy atom. The van der Waals surface area contributed by atoms with E-state index in [0.29, 0.717) is 12.2 Å². The molecule has 2 fully saturated rings. The van der Waals surface area contributed by atoms with Crippen LogP contribution in [0.5, 0.6) is 0 Å². The second-order valence-corrected chi connectivity index (χ2v) is 6.02. The predicted octanol–water partition coefficient (Wildman–Crippen LogP) is 2.82. The van der Waals surface area contributed by atoms with E-state index in [0.717, 1.165) is 32.3 Å². The molecule has 2 heterocycles. The molecule has 0 aromatic heterocycles. The monoisotopic (exact) mass is 240 g/mol. The molecular weight excluding hydrogens is 220 g/mol. The fourth-order valence-electron chi connectivity index (χ4n) is 2.70. The lowest BCUT2D eigenvalue weighted by atomic mass is 9.79. The van der Waals surface area contributed by atoms with Gasteiger partial charge in [-0.2, -0.15) is 11.8 Å². The number of allylic oxidation sites excluding steroid dienone is 1. The van der Waals surface area contributed by atoms with Gasteiger partial charge in [-0.15, -0.1) is 6.58 Å². The molecular formula is C13H20O2S. The molecule has 1 unspecified atom stereocenters. The van der Waals surface area contributed by atoms with Crippen molar-refractivity contribution in [1.29, 1.82) is 0 Å². The molecule has 1 atom stereocenters. The number of ether oxygens (including phenoxy) is 1. The summed E-state index contributed by atoms with van der Waals surface area (Å²) in [5.41, 5.74) is 0.0327. The van der Waals surface area contributed by atoms with Gasteiger partial charge in [0.15, 0.2) is 0 Å². The molecule has 90 valence electrons. The SMILES string of the molecule is C=CCC(=O)C1CCOC2(CCSCC2)C1. The van der Waals surface area contributed by atoms with Crippen LogP contribution in [0.2, 0.25) is 0 Å². The topological polar surface area (TPSA) is 26.3 Å². The van der Waals surface area contributed by atoms with E-state index in [1.165, 1.54) is 11.5 Å². The molecule has 0 aromatic rings. The fraction of sp³-hybridized carbons (Fsp3) is 0.769. The second kappa shape index (κ2) is 5.37. The first kappa shape index (κ1) is 12.2. The van der Waals surface area contributed by atoms with E-state index >= 15 is 0 Å². The molecule has 0 radical (unpaired) electrons. The normalized spacial score (nSPS) is 28.9. The lowest BCUT2D eigenvalue weighted by Gasteiger charge is -2.42. The molecule has 0 saturated carbocycles. The van der Waals surface area contributed by atoms with Gasteiger partial charge >= 0.3 is 0 Å². The molecule has 0 aliphatic carbocycles. The maximum Gasteiger partial charge on any atom is 0.139 e. The molecule has 2 rings (SSSR count). The first-order valence-corrected chi connectivity index (χ1v) is 7.26. The van der Waals surface area contributed by atoms with Crippen molar-refractivity contribution in [3.63, 3.8) is 0 Å². The fourth-order valence-corrected chi connectivity index (χ4v) is 3.94. The van der Waals surface area contributed by atoms with E-state index < -0.39 is 0 Å². The van der Waals surface area contributed by atoms with Gasteiger partial charge in [-0.1, -0.05) is 6.08 Å². The van der Waals surface area contributed by atoms with Gasteiger partial charge in [0.2, 0.25) is 0 Å². The van der Waals surface area contributed by atoms with E-state index in [-0.39, 0.29) is 11.5 Å². The average Bonchev–Trinajstić information content (AvgIpc) is 2.30. The molecule has 16 heavy (non-hydrogen) atoms. The van der Waals surface area contributed by atoms with Crippen LogP contribution in [0.25, 0.3) is 0 Å².